The number of nitrogens with two attached hydrogens (primary N) is 1. The van der Waals surface area contributed by atoms with E-state index in [0.717, 1.165) is 43.8 Å². The number of likely N-dealkylation sites (tertiary alicyclic amines) is 1. The number of amides is 2. The second-order valence-electron chi connectivity index (χ2n) is 8.36. The predicted octanol–water partition coefficient (Wildman–Crippen LogP) is 3.22. The van der Waals surface area contributed by atoms with Crippen LogP contribution in [-0.2, 0) is 6.54 Å². The summed E-state index contributed by atoms with van der Waals surface area (Å²) in [5, 5.41) is 0. The van der Waals surface area contributed by atoms with Crippen LogP contribution in [0, 0.1) is 0 Å². The van der Waals surface area contributed by atoms with Crippen molar-refractivity contribution in [3.8, 4) is 17.0 Å². The van der Waals surface area contributed by atoms with Crippen molar-refractivity contribution >= 4 is 11.9 Å². The number of hydrogen-bond acceptors (Lipinski definition) is 5. The van der Waals surface area contributed by atoms with Gasteiger partial charge in [-0.25, -0.2) is 9.78 Å². The fraction of sp³-hybridized carbons (Fsp3) is 0.320. The van der Waals surface area contributed by atoms with Crippen LogP contribution in [0.15, 0.2) is 61.1 Å². The summed E-state index contributed by atoms with van der Waals surface area (Å²) in [5.74, 6) is 0.398. The van der Waals surface area contributed by atoms with Gasteiger partial charge in [-0.15, -0.1) is 0 Å². The molecule has 172 valence electrons. The van der Waals surface area contributed by atoms with Gasteiger partial charge in [0.15, 0.2) is 0 Å². The third-order valence-electron chi connectivity index (χ3n) is 6.22. The summed E-state index contributed by atoms with van der Waals surface area (Å²) < 4.78 is 6.83. The zero-order chi connectivity index (χ0) is 23.4. The van der Waals surface area contributed by atoms with Gasteiger partial charge in [-0.3, -0.25) is 14.3 Å². The Kier molecular flexibility index (Phi) is 6.74. The quantitative estimate of drug-likeness (QED) is 0.626. The molecule has 0 unspecified atom stereocenters. The van der Waals surface area contributed by atoms with E-state index in [4.69, 9.17) is 10.5 Å². The van der Waals surface area contributed by atoms with Gasteiger partial charge in [-0.05, 0) is 42.7 Å². The summed E-state index contributed by atoms with van der Waals surface area (Å²) >= 11 is 0. The maximum atomic E-state index is 13.0. The highest BCUT2D eigenvalue weighted by molar-refractivity contribution is 5.93. The average Bonchev–Trinajstić information content (AvgIpc) is 3.34. The average molecular weight is 448 g/mol. The summed E-state index contributed by atoms with van der Waals surface area (Å²) in [6.07, 6.45) is 5.09. The molecule has 1 aromatic heterocycles. The molecule has 1 aliphatic heterocycles. The number of methoxy groups -OCH3 is 1. The molecule has 3 aromatic rings. The first-order valence-electron chi connectivity index (χ1n) is 11.0. The number of nitrogens with zero attached hydrogens (tertiary/aromatic N) is 4. The van der Waals surface area contributed by atoms with Crippen LogP contribution < -0.4 is 10.5 Å². The molecule has 0 bridgehead atoms. The number of carbonyl (C=O) groups is 2. The van der Waals surface area contributed by atoms with E-state index in [2.05, 4.69) is 22.0 Å². The third-order valence-corrected chi connectivity index (χ3v) is 6.22. The van der Waals surface area contributed by atoms with Gasteiger partial charge < -0.3 is 15.4 Å². The summed E-state index contributed by atoms with van der Waals surface area (Å²) in [4.78, 5) is 32.9. The van der Waals surface area contributed by atoms with Crippen molar-refractivity contribution < 1.29 is 14.3 Å². The van der Waals surface area contributed by atoms with Gasteiger partial charge in [0.05, 0.1) is 12.8 Å². The molecule has 1 saturated heterocycles. The van der Waals surface area contributed by atoms with E-state index in [0.29, 0.717) is 11.3 Å². The number of imidazole rings is 1. The second kappa shape index (κ2) is 9.87. The minimum absolute atomic E-state index is 0.103. The van der Waals surface area contributed by atoms with Crippen molar-refractivity contribution in [2.45, 2.75) is 25.4 Å². The van der Waals surface area contributed by atoms with Crippen molar-refractivity contribution in [1.29, 1.82) is 0 Å². The molecule has 2 amide bonds. The zero-order valence-corrected chi connectivity index (χ0v) is 19.0. The van der Waals surface area contributed by atoms with E-state index in [1.807, 2.05) is 24.1 Å². The molecule has 8 nitrogen and oxygen atoms in total. The van der Waals surface area contributed by atoms with E-state index >= 15 is 0 Å². The molecular formula is C25H29N5O3. The maximum Gasteiger partial charge on any atom is 0.329 e. The lowest BCUT2D eigenvalue weighted by atomic mass is 10.0. The number of ether oxygens (including phenoxy) is 1. The number of carbonyl (C=O) groups excluding carboxylic acids is 2. The minimum atomic E-state index is -0.474. The highest BCUT2D eigenvalue weighted by Crippen LogP contribution is 2.22. The lowest BCUT2D eigenvalue weighted by Gasteiger charge is -2.36. The van der Waals surface area contributed by atoms with Gasteiger partial charge in [0, 0.05) is 50.0 Å². The molecular weight excluding hydrogens is 418 g/mol. The van der Waals surface area contributed by atoms with Gasteiger partial charge in [-0.1, -0.05) is 24.3 Å². The zero-order valence-electron chi connectivity index (χ0n) is 19.0. The van der Waals surface area contributed by atoms with Crippen molar-refractivity contribution in [3.05, 3.63) is 72.2 Å². The van der Waals surface area contributed by atoms with Gasteiger partial charge in [0.2, 0.25) is 5.91 Å². The van der Waals surface area contributed by atoms with Crippen LogP contribution in [-0.4, -0.2) is 64.6 Å². The van der Waals surface area contributed by atoms with E-state index in [1.54, 1.807) is 37.6 Å². The van der Waals surface area contributed by atoms with Crippen LogP contribution in [0.4, 0.5) is 4.79 Å². The summed E-state index contributed by atoms with van der Waals surface area (Å²) in [5.41, 5.74) is 8.44. The van der Waals surface area contributed by atoms with E-state index < -0.39 is 5.91 Å². The molecule has 0 atom stereocenters. The van der Waals surface area contributed by atoms with Crippen molar-refractivity contribution in [1.82, 2.24) is 19.4 Å². The molecule has 2 heterocycles. The highest BCUT2D eigenvalue weighted by Gasteiger charge is 2.26. The normalized spacial score (nSPS) is 14.7. The van der Waals surface area contributed by atoms with Gasteiger partial charge in [0.25, 0.3) is 0 Å². The fourth-order valence-corrected chi connectivity index (χ4v) is 4.21. The van der Waals surface area contributed by atoms with Gasteiger partial charge >= 0.3 is 6.03 Å². The van der Waals surface area contributed by atoms with Crippen LogP contribution in [0.1, 0.15) is 28.8 Å². The largest absolute Gasteiger partial charge is 0.497 e. The van der Waals surface area contributed by atoms with Crippen LogP contribution in [0.3, 0.4) is 0 Å². The Morgan fingerprint density at radius 3 is 2.55 bits per heavy atom. The molecule has 4 rings (SSSR count). The first-order chi connectivity index (χ1) is 15.9. The second-order valence-corrected chi connectivity index (χ2v) is 8.36. The summed E-state index contributed by atoms with van der Waals surface area (Å²) in [6.45, 7) is 2.74. The lowest BCUT2D eigenvalue weighted by molar-refractivity contribution is 0.1000. The summed E-state index contributed by atoms with van der Waals surface area (Å²) in [6, 6.07) is 15.1. The van der Waals surface area contributed by atoms with Crippen LogP contribution in [0.5, 0.6) is 5.75 Å². The Morgan fingerprint density at radius 1 is 1.15 bits per heavy atom. The lowest BCUT2D eigenvalue weighted by Crippen LogP contribution is -2.46. The monoisotopic (exact) mass is 447 g/mol. The Morgan fingerprint density at radius 2 is 1.88 bits per heavy atom. The molecule has 0 aliphatic carbocycles. The first kappa shape index (κ1) is 22.5. The Balaban J connectivity index is 1.34. The molecule has 2 aromatic carbocycles. The van der Waals surface area contributed by atoms with Gasteiger partial charge in [-0.2, -0.15) is 0 Å². The SMILES string of the molecule is COc1cccc(CN2CCC(N(C)C(=O)n3cnc(-c4ccc(C(N)=O)cc4)c3)CC2)c1. The maximum absolute atomic E-state index is 13.0. The standard InChI is InChI=1S/C25H29N5O3/c1-28(21-10-12-29(13-11-21)15-18-4-3-5-22(14-18)33-2)25(32)30-16-23(27-17-30)19-6-8-20(9-7-19)24(26)31/h3-9,14,16-17,21H,10-13,15H2,1-2H3,(H2,26,31). The molecule has 8 heteroatoms. The molecule has 0 radical (unpaired) electrons. The minimum Gasteiger partial charge on any atom is -0.497 e. The van der Waals surface area contributed by atoms with E-state index in [9.17, 15) is 9.59 Å². The molecule has 2 N–H and O–H groups in total. The molecule has 1 aliphatic rings. The molecule has 33 heavy (non-hydrogen) atoms. The highest BCUT2D eigenvalue weighted by atomic mass is 16.5. The van der Waals surface area contributed by atoms with Gasteiger partial charge in [0.1, 0.15) is 12.1 Å². The van der Waals surface area contributed by atoms with Crippen molar-refractivity contribution in [3.63, 3.8) is 0 Å². The number of piperidine rings is 1. The number of aromatic nitrogens is 2. The Labute approximate surface area is 193 Å². The molecule has 1 fully saturated rings. The number of hydrogen-bond donors (Lipinski definition) is 1. The first-order valence-corrected chi connectivity index (χ1v) is 11.0. The molecule has 0 spiro atoms. The predicted molar refractivity (Wildman–Crippen MR) is 126 cm³/mol. The van der Waals surface area contributed by atoms with Crippen molar-refractivity contribution in [2.24, 2.45) is 5.73 Å². The number of benzene rings is 2. The smallest absolute Gasteiger partial charge is 0.329 e. The van der Waals surface area contributed by atoms with Crippen LogP contribution in [0.25, 0.3) is 11.3 Å². The third kappa shape index (κ3) is 5.23. The fourth-order valence-electron chi connectivity index (χ4n) is 4.21. The Bertz CT molecular complexity index is 1120. The Hall–Kier alpha value is -3.65. The number of rotatable bonds is 6. The van der Waals surface area contributed by atoms with Crippen LogP contribution >= 0.6 is 0 Å². The van der Waals surface area contributed by atoms with Crippen molar-refractivity contribution in [2.75, 3.05) is 27.2 Å². The topological polar surface area (TPSA) is 93.7 Å². The van der Waals surface area contributed by atoms with Crippen LogP contribution in [0.2, 0.25) is 0 Å². The van der Waals surface area contributed by atoms with E-state index in [-0.39, 0.29) is 12.1 Å². The van der Waals surface area contributed by atoms with E-state index in [1.165, 1.54) is 16.5 Å². The molecule has 0 saturated carbocycles. The number of primary amides is 1. The summed E-state index contributed by atoms with van der Waals surface area (Å²) in [7, 11) is 3.53.